The topological polar surface area (TPSA) is 43.1 Å². The Morgan fingerprint density at radius 3 is 2.44 bits per heavy atom. The zero-order valence-electron chi connectivity index (χ0n) is 9.08. The molecular weight excluding hydrogens is 304 g/mol. The fourth-order valence-electron chi connectivity index (χ4n) is 1.53. The van der Waals surface area contributed by atoms with Gasteiger partial charge < -0.3 is 5.73 Å². The Hall–Kier alpha value is -1.75. The third-order valence-electron chi connectivity index (χ3n) is 2.44. The van der Waals surface area contributed by atoms with Crippen molar-refractivity contribution in [2.24, 2.45) is 0 Å². The van der Waals surface area contributed by atoms with Crippen molar-refractivity contribution in [3.05, 3.63) is 63.6 Å². The summed E-state index contributed by atoms with van der Waals surface area (Å²) >= 11 is 3.00. The Kier molecular flexibility index (Phi) is 3.43. The predicted molar refractivity (Wildman–Crippen MR) is 68.3 cm³/mol. The maximum Gasteiger partial charge on any atom is 0.195 e. The van der Waals surface area contributed by atoms with Crippen molar-refractivity contribution >= 4 is 27.4 Å². The second-order valence-corrected chi connectivity index (χ2v) is 4.54. The minimum Gasteiger partial charge on any atom is -0.398 e. The van der Waals surface area contributed by atoms with Crippen LogP contribution in [-0.2, 0) is 0 Å². The van der Waals surface area contributed by atoms with Crippen LogP contribution < -0.4 is 5.73 Å². The van der Waals surface area contributed by atoms with E-state index < -0.39 is 11.6 Å². The number of nitrogen functional groups attached to an aromatic ring is 1. The molecule has 2 N–H and O–H groups in total. The largest absolute Gasteiger partial charge is 0.398 e. The van der Waals surface area contributed by atoms with E-state index in [4.69, 9.17) is 5.73 Å². The number of hydrogen-bond acceptors (Lipinski definition) is 2. The molecule has 0 saturated carbocycles. The smallest absolute Gasteiger partial charge is 0.195 e. The molecule has 0 aliphatic carbocycles. The minimum atomic E-state index is -0.510. The molecule has 18 heavy (non-hydrogen) atoms. The lowest BCUT2D eigenvalue weighted by atomic mass is 10.0. The summed E-state index contributed by atoms with van der Waals surface area (Å²) in [6.45, 7) is 0. The summed E-state index contributed by atoms with van der Waals surface area (Å²) in [5, 5.41) is 0. The van der Waals surface area contributed by atoms with Gasteiger partial charge in [0.25, 0.3) is 0 Å². The quantitative estimate of drug-likeness (QED) is 0.681. The molecule has 2 rings (SSSR count). The first-order valence-corrected chi connectivity index (χ1v) is 5.83. The van der Waals surface area contributed by atoms with Gasteiger partial charge in [-0.05, 0) is 52.3 Å². The zero-order valence-corrected chi connectivity index (χ0v) is 10.7. The number of halogens is 3. The first-order chi connectivity index (χ1) is 8.49. The second-order valence-electron chi connectivity index (χ2n) is 3.69. The number of carbonyl (C=O) groups is 1. The van der Waals surface area contributed by atoms with Gasteiger partial charge in [0.05, 0.1) is 4.47 Å². The molecule has 0 atom stereocenters. The summed E-state index contributed by atoms with van der Waals surface area (Å²) in [7, 11) is 0. The highest BCUT2D eigenvalue weighted by atomic mass is 79.9. The summed E-state index contributed by atoms with van der Waals surface area (Å²) in [6, 6.07) is 7.43. The van der Waals surface area contributed by atoms with Crippen molar-refractivity contribution in [3.8, 4) is 0 Å². The molecule has 0 spiro atoms. The molecule has 92 valence electrons. The van der Waals surface area contributed by atoms with Gasteiger partial charge in [-0.2, -0.15) is 0 Å². The Morgan fingerprint density at radius 2 is 1.83 bits per heavy atom. The highest BCUT2D eigenvalue weighted by Gasteiger charge is 2.14. The van der Waals surface area contributed by atoms with Crippen LogP contribution in [0.2, 0.25) is 0 Å². The van der Waals surface area contributed by atoms with Gasteiger partial charge >= 0.3 is 0 Å². The van der Waals surface area contributed by atoms with E-state index in [0.29, 0.717) is 0 Å². The fraction of sp³-hybridized carbons (Fsp3) is 0. The lowest BCUT2D eigenvalue weighted by Crippen LogP contribution is -2.06. The number of carbonyl (C=O) groups excluding carboxylic acids is 1. The molecule has 0 heterocycles. The van der Waals surface area contributed by atoms with Gasteiger partial charge in [-0.3, -0.25) is 4.79 Å². The second kappa shape index (κ2) is 4.86. The lowest BCUT2D eigenvalue weighted by molar-refractivity contribution is 0.103. The van der Waals surface area contributed by atoms with Crippen LogP contribution in [-0.4, -0.2) is 5.78 Å². The van der Waals surface area contributed by atoms with E-state index >= 15 is 0 Å². The maximum absolute atomic E-state index is 13.1. The van der Waals surface area contributed by atoms with Crippen LogP contribution >= 0.6 is 15.9 Å². The van der Waals surface area contributed by atoms with E-state index in [1.807, 2.05) is 0 Å². The standard InChI is InChI=1S/C13H8BrF2NO/c14-10-5-7(1-4-11(10)16)13(18)9-3-2-8(15)6-12(9)17/h1-6H,17H2. The molecule has 0 aliphatic heterocycles. The van der Waals surface area contributed by atoms with E-state index in [9.17, 15) is 13.6 Å². The van der Waals surface area contributed by atoms with Crippen LogP contribution in [0.3, 0.4) is 0 Å². The van der Waals surface area contributed by atoms with Crippen molar-refractivity contribution in [2.45, 2.75) is 0 Å². The number of anilines is 1. The molecule has 2 aromatic rings. The van der Waals surface area contributed by atoms with Crippen molar-refractivity contribution in [1.82, 2.24) is 0 Å². The number of nitrogens with two attached hydrogens (primary N) is 1. The molecule has 0 amide bonds. The average molecular weight is 312 g/mol. The Labute approximate surface area is 111 Å². The molecule has 0 unspecified atom stereocenters. The summed E-state index contributed by atoms with van der Waals surface area (Å²) in [5.74, 6) is -1.35. The summed E-state index contributed by atoms with van der Waals surface area (Å²) in [5.41, 5.74) is 6.11. The highest BCUT2D eigenvalue weighted by molar-refractivity contribution is 9.10. The molecule has 2 aromatic carbocycles. The van der Waals surface area contributed by atoms with Crippen molar-refractivity contribution < 1.29 is 13.6 Å². The van der Waals surface area contributed by atoms with Crippen LogP contribution in [0.15, 0.2) is 40.9 Å². The van der Waals surface area contributed by atoms with E-state index in [-0.39, 0.29) is 27.1 Å². The fourth-order valence-corrected chi connectivity index (χ4v) is 1.91. The van der Waals surface area contributed by atoms with Crippen molar-refractivity contribution in [3.63, 3.8) is 0 Å². The predicted octanol–water partition coefficient (Wildman–Crippen LogP) is 3.54. The van der Waals surface area contributed by atoms with Crippen molar-refractivity contribution in [2.75, 3.05) is 5.73 Å². The average Bonchev–Trinajstić information content (AvgIpc) is 2.32. The number of rotatable bonds is 2. The normalized spacial score (nSPS) is 10.4. The van der Waals surface area contributed by atoms with E-state index in [1.54, 1.807) is 0 Å². The maximum atomic E-state index is 13.1. The Morgan fingerprint density at radius 1 is 1.11 bits per heavy atom. The molecular formula is C13H8BrF2NO. The first kappa shape index (κ1) is 12.7. The van der Waals surface area contributed by atoms with Gasteiger partial charge in [-0.25, -0.2) is 8.78 Å². The molecule has 5 heteroatoms. The van der Waals surface area contributed by atoms with Crippen LogP contribution in [0.5, 0.6) is 0 Å². The molecule has 0 fully saturated rings. The molecule has 2 nitrogen and oxygen atoms in total. The SMILES string of the molecule is Nc1cc(F)ccc1C(=O)c1ccc(F)c(Br)c1. The van der Waals surface area contributed by atoms with Crippen LogP contribution in [0.25, 0.3) is 0 Å². The summed E-state index contributed by atoms with van der Waals surface area (Å²) in [4.78, 5) is 12.1. The molecule has 0 radical (unpaired) electrons. The van der Waals surface area contributed by atoms with Gasteiger partial charge in [0.2, 0.25) is 0 Å². The van der Waals surface area contributed by atoms with Gasteiger partial charge in [0.1, 0.15) is 11.6 Å². The Bertz CT molecular complexity index is 628. The summed E-state index contributed by atoms with van der Waals surface area (Å²) in [6.07, 6.45) is 0. The monoisotopic (exact) mass is 311 g/mol. The molecule has 0 bridgehead atoms. The number of benzene rings is 2. The number of ketones is 1. The lowest BCUT2D eigenvalue weighted by Gasteiger charge is -2.05. The van der Waals surface area contributed by atoms with Crippen LogP contribution in [0.4, 0.5) is 14.5 Å². The molecule has 0 saturated heterocycles. The van der Waals surface area contributed by atoms with Gasteiger partial charge in [-0.1, -0.05) is 0 Å². The van der Waals surface area contributed by atoms with E-state index in [1.165, 1.54) is 24.3 Å². The van der Waals surface area contributed by atoms with E-state index in [2.05, 4.69) is 15.9 Å². The minimum absolute atomic E-state index is 0.0560. The van der Waals surface area contributed by atoms with Crippen LogP contribution in [0, 0.1) is 11.6 Å². The van der Waals surface area contributed by atoms with Gasteiger partial charge in [0, 0.05) is 16.8 Å². The number of hydrogen-bond donors (Lipinski definition) is 1. The first-order valence-electron chi connectivity index (χ1n) is 5.04. The molecule has 0 aliphatic rings. The van der Waals surface area contributed by atoms with Crippen molar-refractivity contribution in [1.29, 1.82) is 0 Å². The third kappa shape index (κ3) is 2.41. The summed E-state index contributed by atoms with van der Waals surface area (Å²) < 4.78 is 26.1. The highest BCUT2D eigenvalue weighted by Crippen LogP contribution is 2.22. The van der Waals surface area contributed by atoms with Gasteiger partial charge in [0.15, 0.2) is 5.78 Å². The molecule has 0 aromatic heterocycles. The Balaban J connectivity index is 2.44. The van der Waals surface area contributed by atoms with Crippen LogP contribution in [0.1, 0.15) is 15.9 Å². The van der Waals surface area contributed by atoms with Gasteiger partial charge in [-0.15, -0.1) is 0 Å². The van der Waals surface area contributed by atoms with E-state index in [0.717, 1.165) is 12.1 Å². The third-order valence-corrected chi connectivity index (χ3v) is 3.05. The zero-order chi connectivity index (χ0) is 13.3.